The van der Waals surface area contributed by atoms with Crippen LogP contribution in [0.25, 0.3) is 0 Å². The number of carbonyl (C=O) groups excluding carboxylic acids is 2. The van der Waals surface area contributed by atoms with Crippen molar-refractivity contribution in [3.8, 4) is 0 Å². The number of aliphatic carboxylic acids is 1. The number of hydrogen-bond donors (Lipinski definition) is 4. The van der Waals surface area contributed by atoms with Crippen LogP contribution in [0.3, 0.4) is 0 Å². The number of carbonyl (C=O) groups is 3. The van der Waals surface area contributed by atoms with Gasteiger partial charge in [0.2, 0.25) is 0 Å². The standard InChI is InChI=1S/C13H13N5O6S2/c1-24-17-7(4-3-25-13(14)15-4)9(20)16-8-10(21)18-5(12(22)23)2-6(19)26-11(8)18/h2-3,6,8,11,19H,1H3,(H2,14,15)(H,16,20)(H,22,23)/b17-7-/t6?,8-,11-/m1/s1. The molecule has 0 radical (unpaired) electrons. The summed E-state index contributed by atoms with van der Waals surface area (Å²) in [6.07, 6.45) is 1.06. The molecule has 2 amide bonds. The molecule has 5 N–H and O–H groups in total. The Bertz CT molecular complexity index is 837. The predicted octanol–water partition coefficient (Wildman–Crippen LogP) is -1.24. The van der Waals surface area contributed by atoms with Crippen molar-refractivity contribution in [1.29, 1.82) is 0 Å². The van der Waals surface area contributed by atoms with Gasteiger partial charge in [0.05, 0.1) is 0 Å². The van der Waals surface area contributed by atoms with E-state index in [1.165, 1.54) is 12.5 Å². The summed E-state index contributed by atoms with van der Waals surface area (Å²) in [5.41, 5.74) is 4.11. The Morgan fingerprint density at radius 1 is 1.50 bits per heavy atom. The number of aliphatic hydroxyl groups excluding tert-OH is 1. The van der Waals surface area contributed by atoms with Crippen LogP contribution in [0, 0.1) is 0 Å². The molecule has 13 heteroatoms. The first-order valence-electron chi connectivity index (χ1n) is 7.08. The van der Waals surface area contributed by atoms with Crippen LogP contribution in [0.5, 0.6) is 0 Å². The number of thiazole rings is 1. The Kier molecular flexibility index (Phi) is 4.84. The summed E-state index contributed by atoms with van der Waals surface area (Å²) < 4.78 is 0. The van der Waals surface area contributed by atoms with Crippen molar-refractivity contribution in [2.75, 3.05) is 12.8 Å². The molecule has 0 spiro atoms. The molecule has 0 saturated carbocycles. The van der Waals surface area contributed by atoms with Crippen LogP contribution in [0.4, 0.5) is 5.13 Å². The minimum Gasteiger partial charge on any atom is -0.477 e. The molecular weight excluding hydrogens is 386 g/mol. The summed E-state index contributed by atoms with van der Waals surface area (Å²) >= 11 is 2.04. The number of hydrogen-bond acceptors (Lipinski definition) is 10. The van der Waals surface area contributed by atoms with Gasteiger partial charge in [-0.05, 0) is 6.08 Å². The minimum absolute atomic E-state index is 0.179. The van der Waals surface area contributed by atoms with Crippen LogP contribution in [0.1, 0.15) is 5.69 Å². The van der Waals surface area contributed by atoms with E-state index < -0.39 is 34.6 Å². The van der Waals surface area contributed by atoms with Crippen LogP contribution >= 0.6 is 23.1 Å². The van der Waals surface area contributed by atoms with Gasteiger partial charge in [-0.1, -0.05) is 16.9 Å². The van der Waals surface area contributed by atoms with Crippen LogP contribution in [-0.2, 0) is 19.2 Å². The number of nitrogens with two attached hydrogens (primary N) is 1. The number of fused-ring (bicyclic) bond motifs is 1. The molecule has 26 heavy (non-hydrogen) atoms. The zero-order chi connectivity index (χ0) is 19.0. The number of thioether (sulfide) groups is 1. The molecule has 0 aromatic carbocycles. The van der Waals surface area contributed by atoms with Gasteiger partial charge in [0.15, 0.2) is 10.8 Å². The number of amides is 2. The molecule has 2 aliphatic heterocycles. The molecule has 1 aromatic rings. The van der Waals surface area contributed by atoms with Gasteiger partial charge in [-0.2, -0.15) is 0 Å². The van der Waals surface area contributed by atoms with E-state index in [1.54, 1.807) is 0 Å². The number of oxime groups is 1. The number of nitrogen functional groups attached to an aromatic ring is 1. The number of rotatable bonds is 5. The number of anilines is 1. The quantitative estimate of drug-likeness (QED) is 0.269. The first-order chi connectivity index (χ1) is 12.3. The van der Waals surface area contributed by atoms with Crippen molar-refractivity contribution in [2.24, 2.45) is 5.16 Å². The summed E-state index contributed by atoms with van der Waals surface area (Å²) in [4.78, 5) is 45.6. The van der Waals surface area contributed by atoms with Crippen molar-refractivity contribution >= 4 is 51.7 Å². The van der Waals surface area contributed by atoms with Gasteiger partial charge in [-0.3, -0.25) is 14.5 Å². The van der Waals surface area contributed by atoms with Gasteiger partial charge < -0.3 is 26.1 Å². The van der Waals surface area contributed by atoms with E-state index in [0.717, 1.165) is 34.1 Å². The highest BCUT2D eigenvalue weighted by Gasteiger charge is 2.54. The molecule has 0 bridgehead atoms. The topological polar surface area (TPSA) is 167 Å². The van der Waals surface area contributed by atoms with Gasteiger partial charge in [0, 0.05) is 5.38 Å². The normalized spacial score (nSPS) is 25.1. The van der Waals surface area contributed by atoms with Gasteiger partial charge in [0.25, 0.3) is 11.8 Å². The molecular formula is C13H13N5O6S2. The lowest BCUT2D eigenvalue weighted by Crippen LogP contribution is -2.71. The van der Waals surface area contributed by atoms with Crippen LogP contribution in [0.2, 0.25) is 0 Å². The Balaban J connectivity index is 1.78. The van der Waals surface area contributed by atoms with Crippen molar-refractivity contribution < 1.29 is 29.4 Å². The van der Waals surface area contributed by atoms with E-state index in [1.807, 2.05) is 0 Å². The van der Waals surface area contributed by atoms with Gasteiger partial charge >= 0.3 is 5.97 Å². The second-order valence-corrected chi connectivity index (χ2v) is 7.25. The lowest BCUT2D eigenvalue weighted by Gasteiger charge is -2.49. The molecule has 11 nitrogen and oxygen atoms in total. The Labute approximate surface area is 154 Å². The summed E-state index contributed by atoms with van der Waals surface area (Å²) in [6, 6.07) is -1.02. The zero-order valence-electron chi connectivity index (χ0n) is 13.1. The fraction of sp³-hybridized carbons (Fsp3) is 0.308. The van der Waals surface area contributed by atoms with Crippen molar-refractivity contribution in [3.05, 3.63) is 22.8 Å². The maximum absolute atomic E-state index is 12.5. The average Bonchev–Trinajstić information content (AvgIpc) is 3.02. The summed E-state index contributed by atoms with van der Waals surface area (Å²) in [6.45, 7) is 0. The maximum Gasteiger partial charge on any atom is 0.352 e. The van der Waals surface area contributed by atoms with Crippen molar-refractivity contribution in [1.82, 2.24) is 15.2 Å². The largest absolute Gasteiger partial charge is 0.477 e. The fourth-order valence-electron chi connectivity index (χ4n) is 2.47. The van der Waals surface area contributed by atoms with Gasteiger partial charge in [-0.15, -0.1) is 11.3 Å². The first kappa shape index (κ1) is 18.2. The van der Waals surface area contributed by atoms with Crippen LogP contribution < -0.4 is 11.1 Å². The van der Waals surface area contributed by atoms with E-state index in [0.29, 0.717) is 0 Å². The number of aliphatic hydroxyl groups is 1. The SMILES string of the molecule is CO/N=C(\C(=O)N[C@@H]1C(=O)N2C(C(=O)O)=CC(O)S[C@H]12)c1csc(N)n1. The average molecular weight is 399 g/mol. The van der Waals surface area contributed by atoms with E-state index >= 15 is 0 Å². The van der Waals surface area contributed by atoms with E-state index in [2.05, 4.69) is 20.3 Å². The number of β-lactam (4-membered cyclic amide) rings is 1. The number of nitrogens with one attached hydrogen (secondary N) is 1. The number of carboxylic acid groups (broad SMARTS) is 1. The lowest BCUT2D eigenvalue weighted by molar-refractivity contribution is -0.150. The Morgan fingerprint density at radius 3 is 2.81 bits per heavy atom. The molecule has 1 saturated heterocycles. The van der Waals surface area contributed by atoms with Crippen molar-refractivity contribution in [2.45, 2.75) is 16.9 Å². The second kappa shape index (κ2) is 6.93. The summed E-state index contributed by atoms with van der Waals surface area (Å²) in [5, 5.41) is 26.0. The highest BCUT2D eigenvalue weighted by Crippen LogP contribution is 2.40. The van der Waals surface area contributed by atoms with Crippen LogP contribution in [-0.4, -0.2) is 67.6 Å². The molecule has 1 fully saturated rings. The number of carboxylic acids is 1. The molecule has 3 heterocycles. The summed E-state index contributed by atoms with van der Waals surface area (Å²) in [7, 11) is 1.25. The smallest absolute Gasteiger partial charge is 0.352 e. The third-order valence-electron chi connectivity index (χ3n) is 3.55. The Morgan fingerprint density at radius 2 is 2.23 bits per heavy atom. The monoisotopic (exact) mass is 399 g/mol. The predicted molar refractivity (Wildman–Crippen MR) is 92.0 cm³/mol. The maximum atomic E-state index is 12.5. The van der Waals surface area contributed by atoms with Gasteiger partial charge in [0.1, 0.15) is 35.4 Å². The molecule has 0 aliphatic carbocycles. The van der Waals surface area contributed by atoms with Gasteiger partial charge in [-0.25, -0.2) is 9.78 Å². The first-order valence-corrected chi connectivity index (χ1v) is 8.90. The lowest BCUT2D eigenvalue weighted by atomic mass is 10.0. The molecule has 1 unspecified atom stereocenters. The third kappa shape index (κ3) is 3.11. The molecule has 2 aliphatic rings. The molecule has 1 aromatic heterocycles. The number of nitrogens with zero attached hydrogens (tertiary/aromatic N) is 3. The van der Waals surface area contributed by atoms with E-state index in [9.17, 15) is 19.5 Å². The highest BCUT2D eigenvalue weighted by atomic mass is 32.2. The third-order valence-corrected chi connectivity index (χ3v) is 5.40. The molecule has 138 valence electrons. The highest BCUT2D eigenvalue weighted by molar-refractivity contribution is 8.00. The minimum atomic E-state index is -1.34. The second-order valence-electron chi connectivity index (χ2n) is 5.13. The zero-order valence-corrected chi connectivity index (χ0v) is 14.8. The summed E-state index contributed by atoms with van der Waals surface area (Å²) in [5.74, 6) is -2.69. The Hall–Kier alpha value is -2.64. The van der Waals surface area contributed by atoms with Crippen LogP contribution in [0.15, 0.2) is 22.3 Å². The van der Waals surface area contributed by atoms with E-state index in [-0.39, 0.29) is 22.2 Å². The molecule has 3 atom stereocenters. The molecule has 3 rings (SSSR count). The fourth-order valence-corrected chi connectivity index (χ4v) is 4.19. The van der Waals surface area contributed by atoms with E-state index in [4.69, 9.17) is 10.8 Å². The number of aromatic nitrogens is 1. The van der Waals surface area contributed by atoms with Crippen molar-refractivity contribution in [3.63, 3.8) is 0 Å².